The van der Waals surface area contributed by atoms with Gasteiger partial charge in [0.05, 0.1) is 34.1 Å². The third kappa shape index (κ3) is 9.19. The summed E-state index contributed by atoms with van der Waals surface area (Å²) in [6.07, 6.45) is 4.36. The van der Waals surface area contributed by atoms with E-state index in [0.717, 1.165) is 47.1 Å². The molecule has 0 bridgehead atoms. The number of hydrogen-bond donors (Lipinski definition) is 3. The molecular weight excluding hydrogens is 696 g/mol. The van der Waals surface area contributed by atoms with Crippen molar-refractivity contribution in [3.05, 3.63) is 88.9 Å². The summed E-state index contributed by atoms with van der Waals surface area (Å²) in [5.74, 6) is -0.248. The zero-order chi connectivity index (χ0) is 35.4. The van der Waals surface area contributed by atoms with Crippen molar-refractivity contribution in [1.82, 2.24) is 25.3 Å². The molecule has 2 aromatic carbocycles. The number of halogens is 1. The molecule has 0 saturated carbocycles. The third-order valence-electron chi connectivity index (χ3n) is 8.51. The van der Waals surface area contributed by atoms with Gasteiger partial charge in [-0.3, -0.25) is 0 Å². The van der Waals surface area contributed by atoms with Gasteiger partial charge in [0.15, 0.2) is 0 Å². The van der Waals surface area contributed by atoms with Gasteiger partial charge >= 0.3 is 5.97 Å². The maximum atomic E-state index is 13.4. The van der Waals surface area contributed by atoms with Crippen molar-refractivity contribution in [3.63, 3.8) is 0 Å². The lowest BCUT2D eigenvalue weighted by Crippen LogP contribution is -2.37. The quantitative estimate of drug-likeness (QED) is 0.114. The highest BCUT2D eigenvalue weighted by Crippen LogP contribution is 2.30. The van der Waals surface area contributed by atoms with Gasteiger partial charge in [0.25, 0.3) is 10.0 Å². The van der Waals surface area contributed by atoms with E-state index in [1.165, 1.54) is 18.2 Å². The van der Waals surface area contributed by atoms with Crippen LogP contribution in [0.2, 0.25) is 0 Å². The van der Waals surface area contributed by atoms with Crippen LogP contribution in [-0.2, 0) is 21.3 Å². The van der Waals surface area contributed by atoms with Crippen LogP contribution in [0.3, 0.4) is 0 Å². The summed E-state index contributed by atoms with van der Waals surface area (Å²) < 4.78 is 47.3. The minimum atomic E-state index is -4.25. The zero-order valence-electron chi connectivity index (χ0n) is 28.8. The van der Waals surface area contributed by atoms with Crippen LogP contribution in [0.15, 0.2) is 70.1 Å². The largest absolute Gasteiger partial charge is 0.478 e. The van der Waals surface area contributed by atoms with Crippen LogP contribution in [0.1, 0.15) is 72.0 Å². The number of sulfonamides is 1. The fraction of sp³-hybridized carbons (Fsp3) is 0.361. The first kappa shape index (κ1) is 37.6. The summed E-state index contributed by atoms with van der Waals surface area (Å²) in [7, 11) is -4.25. The van der Waals surface area contributed by atoms with Crippen LogP contribution < -0.4 is 14.8 Å². The van der Waals surface area contributed by atoms with Crippen molar-refractivity contribution in [3.8, 4) is 17.1 Å². The number of carboxylic acids is 1. The van der Waals surface area contributed by atoms with E-state index >= 15 is 0 Å². The fourth-order valence-electron chi connectivity index (χ4n) is 5.91. The Balaban J connectivity index is 0.00000504. The van der Waals surface area contributed by atoms with E-state index in [-0.39, 0.29) is 59.4 Å². The highest BCUT2D eigenvalue weighted by molar-refractivity contribution is 7.92. The number of carbonyl (C=O) groups is 1. The molecule has 3 N–H and O–H groups in total. The molecule has 1 aliphatic heterocycles. The Morgan fingerprint density at radius 1 is 1.06 bits per heavy atom. The number of rotatable bonds is 14. The van der Waals surface area contributed by atoms with E-state index in [0.29, 0.717) is 36.5 Å². The Bertz CT molecular complexity index is 2100. The Labute approximate surface area is 302 Å². The van der Waals surface area contributed by atoms with Crippen LogP contribution in [-0.4, -0.2) is 64.8 Å². The Hall–Kier alpha value is -4.63. The van der Waals surface area contributed by atoms with Gasteiger partial charge in [-0.05, 0) is 62.4 Å². The topological polar surface area (TPSA) is 179 Å². The fourth-order valence-corrected chi connectivity index (χ4v) is 6.90. The SMILES string of the molecule is Cc1cccc(C)c1-c1cc(OC[C@@H](CC2CCCO2)NCc2cnc3oc(C(C)C)cc3n2)nc(NS(=O)(=O)c2cccc(C(=O)O)c2)n1.Cl. The molecule has 1 aliphatic rings. The van der Waals surface area contributed by atoms with E-state index in [1.54, 1.807) is 12.3 Å². The van der Waals surface area contributed by atoms with Gasteiger partial charge in [-0.25, -0.2) is 32.9 Å². The second-order valence-corrected chi connectivity index (χ2v) is 14.4. The molecule has 270 valence electrons. The number of aromatic carboxylic acids is 1. The minimum absolute atomic E-state index is 0. The summed E-state index contributed by atoms with van der Waals surface area (Å²) in [4.78, 5) is 29.5. The number of aryl methyl sites for hydroxylation is 2. The van der Waals surface area contributed by atoms with Crippen molar-refractivity contribution in [2.45, 2.75) is 76.5 Å². The van der Waals surface area contributed by atoms with Gasteiger partial charge in [0.2, 0.25) is 17.5 Å². The van der Waals surface area contributed by atoms with Gasteiger partial charge in [0, 0.05) is 42.8 Å². The van der Waals surface area contributed by atoms with Gasteiger partial charge in [0.1, 0.15) is 17.9 Å². The van der Waals surface area contributed by atoms with Crippen molar-refractivity contribution < 1.29 is 32.2 Å². The lowest BCUT2D eigenvalue weighted by molar-refractivity contribution is 0.0696. The molecule has 0 spiro atoms. The Kier molecular flexibility index (Phi) is 11.9. The number of nitrogens with zero attached hydrogens (tertiary/aromatic N) is 4. The van der Waals surface area contributed by atoms with Crippen LogP contribution in [0.5, 0.6) is 5.88 Å². The molecule has 6 rings (SSSR count). The maximum absolute atomic E-state index is 13.4. The van der Waals surface area contributed by atoms with E-state index in [4.69, 9.17) is 18.9 Å². The monoisotopic (exact) mass is 736 g/mol. The predicted molar refractivity (Wildman–Crippen MR) is 194 cm³/mol. The zero-order valence-corrected chi connectivity index (χ0v) is 30.4. The number of fused-ring (bicyclic) bond motifs is 1. The highest BCUT2D eigenvalue weighted by Gasteiger charge is 2.24. The van der Waals surface area contributed by atoms with Crippen molar-refractivity contribution in [2.75, 3.05) is 17.9 Å². The van der Waals surface area contributed by atoms with Gasteiger partial charge in [-0.1, -0.05) is 38.1 Å². The van der Waals surface area contributed by atoms with Crippen LogP contribution in [0.25, 0.3) is 22.5 Å². The Morgan fingerprint density at radius 2 is 1.82 bits per heavy atom. The standard InChI is InChI=1S/C36H40N6O7S.ClH/c1-21(2)31-16-30-34(49-31)38-19-26(39-30)18-37-25(15-27-11-7-13-47-27)20-48-32-17-29(33-22(3)8-5-9-23(33)4)40-36(41-32)42-50(45,46)28-12-6-10-24(14-28)35(43)44;/h5-6,8-10,12,14,16-17,19,21,25,27,37H,7,11,13,15,18,20H2,1-4H3,(H,43,44)(H,40,41,42);1H/t25-,27?;/m1./s1. The third-order valence-corrected chi connectivity index (χ3v) is 9.83. The molecule has 4 heterocycles. The number of hydrogen-bond acceptors (Lipinski definition) is 11. The van der Waals surface area contributed by atoms with Gasteiger partial charge < -0.3 is 24.3 Å². The molecule has 1 saturated heterocycles. The predicted octanol–water partition coefficient (Wildman–Crippen LogP) is 6.45. The summed E-state index contributed by atoms with van der Waals surface area (Å²) >= 11 is 0. The molecule has 0 aliphatic carbocycles. The number of carboxylic acid groups (broad SMARTS) is 1. The first-order valence-corrected chi connectivity index (χ1v) is 18.0. The number of ether oxygens (including phenoxy) is 2. The average molecular weight is 737 g/mol. The average Bonchev–Trinajstić information content (AvgIpc) is 3.76. The van der Waals surface area contributed by atoms with Crippen LogP contribution in [0.4, 0.5) is 5.95 Å². The molecule has 3 aromatic heterocycles. The molecule has 13 nitrogen and oxygen atoms in total. The summed E-state index contributed by atoms with van der Waals surface area (Å²) in [5, 5.41) is 12.9. The second-order valence-electron chi connectivity index (χ2n) is 12.7. The number of furan rings is 1. The molecule has 1 unspecified atom stereocenters. The van der Waals surface area contributed by atoms with Crippen molar-refractivity contribution >= 4 is 45.6 Å². The normalized spacial score (nSPS) is 15.1. The van der Waals surface area contributed by atoms with E-state index in [1.807, 2.05) is 38.1 Å². The maximum Gasteiger partial charge on any atom is 0.335 e. The molecule has 51 heavy (non-hydrogen) atoms. The molecular formula is C36H41ClN6O7S. The number of nitrogens with one attached hydrogen (secondary N) is 2. The second kappa shape index (κ2) is 16.1. The van der Waals surface area contributed by atoms with Gasteiger partial charge in [-0.2, -0.15) is 4.98 Å². The lowest BCUT2D eigenvalue weighted by Gasteiger charge is -2.22. The van der Waals surface area contributed by atoms with E-state index in [9.17, 15) is 18.3 Å². The van der Waals surface area contributed by atoms with E-state index in [2.05, 4.69) is 38.8 Å². The van der Waals surface area contributed by atoms with Crippen LogP contribution in [0, 0.1) is 13.8 Å². The van der Waals surface area contributed by atoms with Crippen LogP contribution >= 0.6 is 12.4 Å². The minimum Gasteiger partial charge on any atom is -0.478 e. The molecule has 2 atom stereocenters. The van der Waals surface area contributed by atoms with Gasteiger partial charge in [-0.15, -0.1) is 12.4 Å². The van der Waals surface area contributed by atoms with E-state index < -0.39 is 16.0 Å². The molecule has 15 heteroatoms. The summed E-state index contributed by atoms with van der Waals surface area (Å²) in [6.45, 7) is 9.32. The summed E-state index contributed by atoms with van der Waals surface area (Å²) in [6, 6.07) is 14.3. The molecule has 0 amide bonds. The first-order valence-electron chi connectivity index (χ1n) is 16.5. The molecule has 0 radical (unpaired) electrons. The smallest absolute Gasteiger partial charge is 0.335 e. The Morgan fingerprint density at radius 3 is 2.53 bits per heavy atom. The lowest BCUT2D eigenvalue weighted by atomic mass is 10.00. The highest BCUT2D eigenvalue weighted by atomic mass is 35.5. The molecule has 5 aromatic rings. The number of anilines is 1. The van der Waals surface area contributed by atoms with Crippen molar-refractivity contribution in [2.24, 2.45) is 0 Å². The number of aromatic nitrogens is 4. The molecule has 1 fully saturated rings. The number of benzene rings is 2. The summed E-state index contributed by atoms with van der Waals surface area (Å²) in [5.41, 5.74) is 4.94. The first-order chi connectivity index (χ1) is 23.9. The van der Waals surface area contributed by atoms with Crippen molar-refractivity contribution in [1.29, 1.82) is 0 Å².